The number of hydrogen-bond donors (Lipinski definition) is 0. The molecule has 0 saturated carbocycles. The molecule has 76 valence electrons. The number of aromatic nitrogens is 2. The molecule has 5 heteroatoms. The second-order valence-corrected chi connectivity index (χ2v) is 3.70. The molecular weight excluding hydrogens is 202 g/mol. The first-order valence-corrected chi connectivity index (χ1v) is 4.97. The van der Waals surface area contributed by atoms with Crippen LogP contribution in [0.15, 0.2) is 12.4 Å². The number of nitrogens with zero attached hydrogens (tertiary/aromatic N) is 3. The highest BCUT2D eigenvalue weighted by Crippen LogP contribution is 2.18. The minimum atomic E-state index is 0.342. The van der Waals surface area contributed by atoms with Crippen LogP contribution in [0.3, 0.4) is 0 Å². The van der Waals surface area contributed by atoms with Gasteiger partial charge in [-0.05, 0) is 6.92 Å². The first kappa shape index (κ1) is 9.68. The monoisotopic (exact) mass is 213 g/mol. The minimum absolute atomic E-state index is 0.342. The normalized spacial score (nSPS) is 22.4. The third-order valence-electron chi connectivity index (χ3n) is 2.28. The van der Waals surface area contributed by atoms with Crippen LogP contribution in [-0.4, -0.2) is 35.8 Å². The molecule has 0 bridgehead atoms. The summed E-state index contributed by atoms with van der Waals surface area (Å²) in [4.78, 5) is 10.2. The van der Waals surface area contributed by atoms with E-state index in [-0.39, 0.29) is 0 Å². The van der Waals surface area contributed by atoms with Crippen molar-refractivity contribution >= 4 is 17.4 Å². The van der Waals surface area contributed by atoms with Crippen LogP contribution in [0, 0.1) is 0 Å². The number of ether oxygens (including phenoxy) is 1. The van der Waals surface area contributed by atoms with Crippen molar-refractivity contribution in [2.24, 2.45) is 0 Å². The Hall–Kier alpha value is -0.870. The lowest BCUT2D eigenvalue weighted by Gasteiger charge is -2.34. The quantitative estimate of drug-likeness (QED) is 0.661. The summed E-state index contributed by atoms with van der Waals surface area (Å²) >= 11 is 5.80. The Labute approximate surface area is 87.9 Å². The van der Waals surface area contributed by atoms with E-state index in [1.807, 2.05) is 0 Å². The van der Waals surface area contributed by atoms with E-state index in [4.69, 9.17) is 16.3 Å². The van der Waals surface area contributed by atoms with E-state index in [0.717, 1.165) is 25.6 Å². The molecule has 0 radical (unpaired) electrons. The van der Waals surface area contributed by atoms with Crippen molar-refractivity contribution < 1.29 is 4.74 Å². The van der Waals surface area contributed by atoms with Crippen LogP contribution >= 0.6 is 11.6 Å². The van der Waals surface area contributed by atoms with Gasteiger partial charge in [0, 0.05) is 12.6 Å². The van der Waals surface area contributed by atoms with Gasteiger partial charge < -0.3 is 9.64 Å². The number of hydrogen-bond acceptors (Lipinski definition) is 4. The van der Waals surface area contributed by atoms with E-state index in [1.165, 1.54) is 6.33 Å². The summed E-state index contributed by atoms with van der Waals surface area (Å²) in [5.41, 5.74) is 0. The molecule has 4 nitrogen and oxygen atoms in total. The average Bonchev–Trinajstić information content (AvgIpc) is 2.18. The van der Waals surface area contributed by atoms with Crippen LogP contribution < -0.4 is 4.90 Å². The molecule has 14 heavy (non-hydrogen) atoms. The van der Waals surface area contributed by atoms with E-state index in [1.54, 1.807) is 6.07 Å². The van der Waals surface area contributed by atoms with Crippen LogP contribution in [-0.2, 0) is 4.74 Å². The molecule has 2 heterocycles. The van der Waals surface area contributed by atoms with Crippen molar-refractivity contribution in [3.05, 3.63) is 17.5 Å². The molecule has 1 aromatic rings. The van der Waals surface area contributed by atoms with Gasteiger partial charge in [0.2, 0.25) is 0 Å². The largest absolute Gasteiger partial charge is 0.377 e. The molecule has 1 aliphatic heterocycles. The van der Waals surface area contributed by atoms with Crippen LogP contribution in [0.4, 0.5) is 5.82 Å². The SMILES string of the molecule is C[C@H]1COCCN1c1cc(Cl)ncn1. The summed E-state index contributed by atoms with van der Waals surface area (Å²) in [6.07, 6.45) is 1.49. The van der Waals surface area contributed by atoms with Crippen molar-refractivity contribution in [2.75, 3.05) is 24.7 Å². The fourth-order valence-electron chi connectivity index (χ4n) is 1.55. The molecule has 1 fully saturated rings. The van der Waals surface area contributed by atoms with E-state index in [9.17, 15) is 0 Å². The van der Waals surface area contributed by atoms with Gasteiger partial charge in [0.15, 0.2) is 0 Å². The summed E-state index contributed by atoms with van der Waals surface area (Å²) in [7, 11) is 0. The molecule has 1 aliphatic rings. The topological polar surface area (TPSA) is 38.2 Å². The highest BCUT2D eigenvalue weighted by Gasteiger charge is 2.20. The lowest BCUT2D eigenvalue weighted by molar-refractivity contribution is 0.0985. The highest BCUT2D eigenvalue weighted by atomic mass is 35.5. The zero-order chi connectivity index (χ0) is 9.97. The van der Waals surface area contributed by atoms with Gasteiger partial charge in [0.1, 0.15) is 17.3 Å². The van der Waals surface area contributed by atoms with Gasteiger partial charge in [-0.25, -0.2) is 9.97 Å². The van der Waals surface area contributed by atoms with Crippen molar-refractivity contribution in [1.82, 2.24) is 9.97 Å². The Balaban J connectivity index is 2.20. The van der Waals surface area contributed by atoms with E-state index in [0.29, 0.717) is 11.2 Å². The average molecular weight is 214 g/mol. The highest BCUT2D eigenvalue weighted by molar-refractivity contribution is 6.29. The molecule has 0 aromatic carbocycles. The van der Waals surface area contributed by atoms with Crippen molar-refractivity contribution in [2.45, 2.75) is 13.0 Å². The van der Waals surface area contributed by atoms with Crippen molar-refractivity contribution in [3.63, 3.8) is 0 Å². The molecule has 0 spiro atoms. The second-order valence-electron chi connectivity index (χ2n) is 3.32. The van der Waals surface area contributed by atoms with Gasteiger partial charge in [0.25, 0.3) is 0 Å². The lowest BCUT2D eigenvalue weighted by atomic mass is 10.2. The van der Waals surface area contributed by atoms with E-state index >= 15 is 0 Å². The molecule has 1 atom stereocenters. The molecular formula is C9H12ClN3O. The predicted octanol–water partition coefficient (Wildman–Crippen LogP) is 1.36. The summed E-state index contributed by atoms with van der Waals surface area (Å²) in [6.45, 7) is 4.44. The van der Waals surface area contributed by atoms with Gasteiger partial charge in [-0.1, -0.05) is 11.6 Å². The van der Waals surface area contributed by atoms with Crippen LogP contribution in [0.1, 0.15) is 6.92 Å². The first-order chi connectivity index (χ1) is 6.77. The molecule has 1 aromatic heterocycles. The van der Waals surface area contributed by atoms with Crippen molar-refractivity contribution in [1.29, 1.82) is 0 Å². The number of rotatable bonds is 1. The fraction of sp³-hybridized carbons (Fsp3) is 0.556. The standard InChI is InChI=1S/C9H12ClN3O/c1-7-5-14-3-2-13(7)9-4-8(10)11-6-12-9/h4,6-7H,2-3,5H2,1H3/t7-/m0/s1. The van der Waals surface area contributed by atoms with E-state index < -0.39 is 0 Å². The van der Waals surface area contributed by atoms with Crippen LogP contribution in [0.2, 0.25) is 5.15 Å². The number of halogens is 1. The van der Waals surface area contributed by atoms with Crippen molar-refractivity contribution in [3.8, 4) is 0 Å². The second kappa shape index (κ2) is 4.11. The van der Waals surface area contributed by atoms with Gasteiger partial charge in [-0.3, -0.25) is 0 Å². The zero-order valence-electron chi connectivity index (χ0n) is 7.98. The maximum Gasteiger partial charge on any atom is 0.134 e. The molecule has 1 saturated heterocycles. The predicted molar refractivity (Wildman–Crippen MR) is 54.7 cm³/mol. The minimum Gasteiger partial charge on any atom is -0.377 e. The van der Waals surface area contributed by atoms with Crippen LogP contribution in [0.5, 0.6) is 0 Å². The molecule has 0 amide bonds. The maximum atomic E-state index is 5.80. The molecule has 2 rings (SSSR count). The summed E-state index contributed by atoms with van der Waals surface area (Å²) in [5, 5.41) is 0.480. The third-order valence-corrected chi connectivity index (χ3v) is 2.49. The Morgan fingerprint density at radius 2 is 2.43 bits per heavy atom. The summed E-state index contributed by atoms with van der Waals surface area (Å²) < 4.78 is 5.35. The van der Waals surface area contributed by atoms with Gasteiger partial charge in [-0.2, -0.15) is 0 Å². The Kier molecular flexibility index (Phi) is 2.84. The maximum absolute atomic E-state index is 5.80. The Bertz CT molecular complexity index is 321. The zero-order valence-corrected chi connectivity index (χ0v) is 8.74. The lowest BCUT2D eigenvalue weighted by Crippen LogP contribution is -2.44. The smallest absolute Gasteiger partial charge is 0.134 e. The fourth-order valence-corrected chi connectivity index (χ4v) is 1.69. The van der Waals surface area contributed by atoms with Gasteiger partial charge in [-0.15, -0.1) is 0 Å². The molecule has 0 unspecified atom stereocenters. The number of anilines is 1. The van der Waals surface area contributed by atoms with E-state index in [2.05, 4.69) is 21.8 Å². The first-order valence-electron chi connectivity index (χ1n) is 4.59. The van der Waals surface area contributed by atoms with Crippen LogP contribution in [0.25, 0.3) is 0 Å². The Morgan fingerprint density at radius 3 is 3.14 bits per heavy atom. The van der Waals surface area contributed by atoms with Gasteiger partial charge >= 0.3 is 0 Å². The third kappa shape index (κ3) is 1.96. The van der Waals surface area contributed by atoms with Gasteiger partial charge in [0.05, 0.1) is 19.3 Å². The summed E-state index contributed by atoms with van der Waals surface area (Å²) in [5.74, 6) is 0.876. The summed E-state index contributed by atoms with van der Waals surface area (Å²) in [6, 6.07) is 2.12. The molecule has 0 aliphatic carbocycles. The Morgan fingerprint density at radius 1 is 1.57 bits per heavy atom. The number of morpholine rings is 1. The molecule has 0 N–H and O–H groups in total.